The van der Waals surface area contributed by atoms with Gasteiger partial charge in [0.15, 0.2) is 0 Å². The Morgan fingerprint density at radius 3 is 2.19 bits per heavy atom. The molecule has 1 fully saturated rings. The fourth-order valence-corrected chi connectivity index (χ4v) is 6.55. The fraction of sp³-hybridized carbons (Fsp3) is 0.333. The summed E-state index contributed by atoms with van der Waals surface area (Å²) in [6, 6.07) is 28.2. The highest BCUT2D eigenvalue weighted by molar-refractivity contribution is 5.90. The van der Waals surface area contributed by atoms with E-state index in [-0.39, 0.29) is 0 Å². The molecule has 1 aromatic heterocycles. The summed E-state index contributed by atoms with van der Waals surface area (Å²) in [5.74, 6) is 0.355. The molecule has 0 saturated carbocycles. The first-order chi connectivity index (χ1) is 15.6. The van der Waals surface area contributed by atoms with E-state index in [0.29, 0.717) is 18.0 Å². The third kappa shape index (κ3) is 3.04. The number of likely N-dealkylation sites (N-methyl/N-ethyl adjacent to an activating group) is 1. The Kier molecular flexibility index (Phi) is 4.73. The molecule has 0 amide bonds. The topological polar surface area (TPSA) is 8.17 Å². The van der Waals surface area contributed by atoms with Crippen LogP contribution in [0.25, 0.3) is 10.9 Å². The molecule has 0 radical (unpaired) electrons. The predicted molar refractivity (Wildman–Crippen MR) is 133 cm³/mol. The summed E-state index contributed by atoms with van der Waals surface area (Å²) in [5.41, 5.74) is 10.3. The summed E-state index contributed by atoms with van der Waals surface area (Å²) in [6.45, 7) is 2.27. The van der Waals surface area contributed by atoms with Gasteiger partial charge in [-0.15, -0.1) is 0 Å². The van der Waals surface area contributed by atoms with Crippen molar-refractivity contribution >= 4 is 10.9 Å². The van der Waals surface area contributed by atoms with Crippen molar-refractivity contribution in [2.45, 2.75) is 50.6 Å². The number of hydrogen-bond acceptors (Lipinski definition) is 1. The van der Waals surface area contributed by atoms with E-state index in [2.05, 4.69) is 103 Å². The molecule has 4 aromatic rings. The van der Waals surface area contributed by atoms with Crippen LogP contribution < -0.4 is 0 Å². The van der Waals surface area contributed by atoms with E-state index in [4.69, 9.17) is 0 Å². The second-order valence-electron chi connectivity index (χ2n) is 9.93. The number of benzene rings is 3. The van der Waals surface area contributed by atoms with Crippen LogP contribution in [0, 0.1) is 6.92 Å². The Morgan fingerprint density at radius 2 is 1.53 bits per heavy atom. The van der Waals surface area contributed by atoms with Gasteiger partial charge in [-0.25, -0.2) is 0 Å². The molecule has 0 N–H and O–H groups in total. The van der Waals surface area contributed by atoms with Crippen LogP contribution in [0.3, 0.4) is 0 Å². The van der Waals surface area contributed by atoms with Crippen molar-refractivity contribution in [1.29, 1.82) is 0 Å². The Balaban J connectivity index is 1.52. The minimum atomic E-state index is 0.355. The summed E-state index contributed by atoms with van der Waals surface area (Å²) in [6.07, 6.45) is 4.84. The molecule has 2 nitrogen and oxygen atoms in total. The lowest BCUT2D eigenvalue weighted by molar-refractivity contribution is 0.222. The second kappa shape index (κ2) is 7.64. The van der Waals surface area contributed by atoms with Gasteiger partial charge in [0.1, 0.15) is 0 Å². The molecule has 2 aliphatic rings. The quantitative estimate of drug-likeness (QED) is 0.363. The summed E-state index contributed by atoms with van der Waals surface area (Å²) >= 11 is 0. The molecule has 2 heteroatoms. The Labute approximate surface area is 191 Å². The van der Waals surface area contributed by atoms with Crippen LogP contribution in [0.1, 0.15) is 58.3 Å². The van der Waals surface area contributed by atoms with Gasteiger partial charge in [-0.2, -0.15) is 0 Å². The highest BCUT2D eigenvalue weighted by atomic mass is 15.2. The lowest BCUT2D eigenvalue weighted by atomic mass is 9.85. The van der Waals surface area contributed by atoms with E-state index in [1.807, 2.05) is 0 Å². The van der Waals surface area contributed by atoms with Gasteiger partial charge in [0.25, 0.3) is 0 Å². The van der Waals surface area contributed by atoms with Crippen molar-refractivity contribution in [3.05, 3.63) is 106 Å². The first kappa shape index (κ1) is 19.8. The maximum Gasteiger partial charge on any atom is 0.0516 e. The highest BCUT2D eigenvalue weighted by Gasteiger charge is 2.40. The highest BCUT2D eigenvalue weighted by Crippen LogP contribution is 2.47. The molecule has 3 aromatic carbocycles. The van der Waals surface area contributed by atoms with E-state index in [1.54, 1.807) is 11.3 Å². The predicted octanol–water partition coefficient (Wildman–Crippen LogP) is 6.55. The van der Waals surface area contributed by atoms with Crippen LogP contribution in [-0.4, -0.2) is 22.6 Å². The normalized spacial score (nSPS) is 20.2. The number of aryl methyl sites for hydroxylation is 2. The molecule has 162 valence electrons. The van der Waals surface area contributed by atoms with Crippen molar-refractivity contribution in [3.8, 4) is 0 Å². The molecule has 6 rings (SSSR count). The third-order valence-corrected chi connectivity index (χ3v) is 8.11. The van der Waals surface area contributed by atoms with Crippen LogP contribution >= 0.6 is 0 Å². The van der Waals surface area contributed by atoms with Gasteiger partial charge in [0.05, 0.1) is 5.52 Å². The molecular weight excluding hydrogens is 388 g/mol. The van der Waals surface area contributed by atoms with Crippen molar-refractivity contribution in [3.63, 3.8) is 0 Å². The molecule has 0 aliphatic carbocycles. The first-order valence-electron chi connectivity index (χ1n) is 12.0. The van der Waals surface area contributed by atoms with Gasteiger partial charge in [-0.1, -0.05) is 72.3 Å². The number of nitrogens with zero attached hydrogens (tertiary/aromatic N) is 2. The van der Waals surface area contributed by atoms with Gasteiger partial charge in [-0.3, -0.25) is 4.90 Å². The summed E-state index contributed by atoms with van der Waals surface area (Å²) in [5, 5.41) is 1.49. The largest absolute Gasteiger partial charge is 0.347 e. The van der Waals surface area contributed by atoms with Gasteiger partial charge in [0.2, 0.25) is 0 Å². The SMILES string of the molecule is Cc1cc(CC(c2ccccc2)c2ccccc2)c2c(c1)c1c(n2C)CC2CCC1N2C. The lowest BCUT2D eigenvalue weighted by Gasteiger charge is -2.32. The van der Waals surface area contributed by atoms with Gasteiger partial charge in [0, 0.05) is 42.6 Å². The van der Waals surface area contributed by atoms with E-state index in [1.165, 1.54) is 52.4 Å². The Bertz CT molecular complexity index is 1230. The minimum absolute atomic E-state index is 0.355. The standard InChI is InChI=1S/C30H32N2/c1-20-16-23(18-25(21-10-6-4-7-11-21)22-12-8-5-9-13-22)30-26(17-20)29-27-15-14-24(31(27)2)19-28(29)32(30)3/h4-13,16-17,24-25,27H,14-15,18-19H2,1-3H3. The Hall–Kier alpha value is -2.84. The smallest absolute Gasteiger partial charge is 0.0516 e. The molecule has 32 heavy (non-hydrogen) atoms. The maximum absolute atomic E-state index is 2.64. The van der Waals surface area contributed by atoms with Crippen LogP contribution in [0.4, 0.5) is 0 Å². The van der Waals surface area contributed by atoms with Gasteiger partial charge >= 0.3 is 0 Å². The third-order valence-electron chi connectivity index (χ3n) is 8.11. The van der Waals surface area contributed by atoms with Crippen LogP contribution in [0.15, 0.2) is 72.8 Å². The van der Waals surface area contributed by atoms with Crippen molar-refractivity contribution in [2.24, 2.45) is 7.05 Å². The summed E-state index contributed by atoms with van der Waals surface area (Å²) in [4.78, 5) is 2.64. The first-order valence-corrected chi connectivity index (χ1v) is 12.0. The summed E-state index contributed by atoms with van der Waals surface area (Å²) < 4.78 is 2.55. The van der Waals surface area contributed by atoms with Crippen molar-refractivity contribution in [2.75, 3.05) is 7.05 Å². The van der Waals surface area contributed by atoms with Crippen LogP contribution in [0.2, 0.25) is 0 Å². The van der Waals surface area contributed by atoms with E-state index < -0.39 is 0 Å². The number of fused-ring (bicyclic) bond motifs is 6. The van der Waals surface area contributed by atoms with E-state index >= 15 is 0 Å². The molecule has 1 saturated heterocycles. The molecular formula is C30H32N2. The van der Waals surface area contributed by atoms with Gasteiger partial charge < -0.3 is 4.57 Å². The molecule has 2 aliphatic heterocycles. The lowest BCUT2D eigenvalue weighted by Crippen LogP contribution is -2.34. The molecule has 3 heterocycles. The van der Waals surface area contributed by atoms with Crippen molar-refractivity contribution < 1.29 is 0 Å². The van der Waals surface area contributed by atoms with Gasteiger partial charge in [-0.05, 0) is 61.6 Å². The molecule has 0 spiro atoms. The molecule has 2 bridgehead atoms. The maximum atomic E-state index is 2.64. The van der Waals surface area contributed by atoms with Crippen LogP contribution in [0.5, 0.6) is 0 Å². The van der Waals surface area contributed by atoms with E-state index in [9.17, 15) is 0 Å². The molecule has 2 atom stereocenters. The van der Waals surface area contributed by atoms with Crippen LogP contribution in [-0.2, 0) is 19.9 Å². The average Bonchev–Trinajstić information content (AvgIpc) is 3.21. The number of aromatic nitrogens is 1. The average molecular weight is 421 g/mol. The van der Waals surface area contributed by atoms with Crippen molar-refractivity contribution in [1.82, 2.24) is 9.47 Å². The minimum Gasteiger partial charge on any atom is -0.347 e. The Morgan fingerprint density at radius 1 is 0.875 bits per heavy atom. The molecule has 2 unspecified atom stereocenters. The fourth-order valence-electron chi connectivity index (χ4n) is 6.55. The number of rotatable bonds is 4. The zero-order valence-corrected chi connectivity index (χ0v) is 19.4. The van der Waals surface area contributed by atoms with E-state index in [0.717, 1.165) is 6.42 Å². The zero-order chi connectivity index (χ0) is 21.8. The second-order valence-corrected chi connectivity index (χ2v) is 9.93. The summed E-state index contributed by atoms with van der Waals surface area (Å²) in [7, 11) is 4.65. The zero-order valence-electron chi connectivity index (χ0n) is 19.4. The monoisotopic (exact) mass is 420 g/mol. The number of hydrogen-bond donors (Lipinski definition) is 0.